The van der Waals surface area contributed by atoms with Crippen molar-refractivity contribution >= 4 is 23.4 Å². The van der Waals surface area contributed by atoms with Gasteiger partial charge in [-0.15, -0.1) is 0 Å². The maximum atomic E-state index is 13.9. The van der Waals surface area contributed by atoms with Gasteiger partial charge < -0.3 is 19.7 Å². The van der Waals surface area contributed by atoms with Gasteiger partial charge in [0, 0.05) is 30.5 Å². The molecule has 0 radical (unpaired) electrons. The number of hydrogen-bond donors (Lipinski definition) is 1. The number of fused-ring (bicyclic) bond motifs is 1. The van der Waals surface area contributed by atoms with Gasteiger partial charge in [0.25, 0.3) is 0 Å². The molecule has 0 saturated heterocycles. The Morgan fingerprint density at radius 2 is 1.62 bits per heavy atom. The third-order valence-electron chi connectivity index (χ3n) is 7.51. The van der Waals surface area contributed by atoms with E-state index in [2.05, 4.69) is 5.32 Å². The van der Waals surface area contributed by atoms with Crippen molar-refractivity contribution in [1.82, 2.24) is 10.2 Å². The van der Waals surface area contributed by atoms with E-state index < -0.39 is 6.04 Å². The van der Waals surface area contributed by atoms with E-state index in [4.69, 9.17) is 21.1 Å². The second-order valence-electron chi connectivity index (χ2n) is 10.3. The molecule has 3 aromatic rings. The first-order chi connectivity index (χ1) is 19.1. The van der Waals surface area contributed by atoms with Crippen LogP contribution in [0.5, 0.6) is 11.5 Å². The topological polar surface area (TPSA) is 67.9 Å². The molecule has 5 rings (SSSR count). The fourth-order valence-corrected chi connectivity index (χ4v) is 5.57. The highest BCUT2D eigenvalue weighted by Gasteiger charge is 2.32. The van der Waals surface area contributed by atoms with Crippen molar-refractivity contribution in [3.8, 4) is 11.5 Å². The van der Waals surface area contributed by atoms with E-state index in [-0.39, 0.29) is 30.8 Å². The standard InChI is InChI=1S/C32H35ClN2O4/c33-27-13-7-4-10-25(27)22-35(31(36)17-15-24-14-16-29-30(21-24)39-19-18-38-29)28(20-23-8-2-1-3-9-23)32(37)34-26-11-5-6-12-26/h1-4,7-10,13-14,16,21,26,28H,5-6,11-12,15,17-20,22H2,(H,34,37). The zero-order chi connectivity index (χ0) is 27.0. The number of halogens is 1. The predicted octanol–water partition coefficient (Wildman–Crippen LogP) is 5.74. The summed E-state index contributed by atoms with van der Waals surface area (Å²) in [6, 6.07) is 22.7. The van der Waals surface area contributed by atoms with Crippen molar-refractivity contribution in [1.29, 1.82) is 0 Å². The van der Waals surface area contributed by atoms with Crippen LogP contribution in [0, 0.1) is 0 Å². The van der Waals surface area contributed by atoms with Gasteiger partial charge in [-0.3, -0.25) is 9.59 Å². The first kappa shape index (κ1) is 27.1. The summed E-state index contributed by atoms with van der Waals surface area (Å²) in [6.07, 6.45) is 5.40. The first-order valence-corrected chi connectivity index (χ1v) is 14.2. The fraction of sp³-hybridized carbons (Fsp3) is 0.375. The predicted molar refractivity (Wildman–Crippen MR) is 152 cm³/mol. The van der Waals surface area contributed by atoms with Crippen molar-refractivity contribution < 1.29 is 19.1 Å². The molecule has 6 nitrogen and oxygen atoms in total. The molecule has 1 N–H and O–H groups in total. The lowest BCUT2D eigenvalue weighted by Gasteiger charge is -2.32. The van der Waals surface area contributed by atoms with Crippen molar-refractivity contribution in [2.75, 3.05) is 13.2 Å². The minimum atomic E-state index is -0.656. The Morgan fingerprint density at radius 3 is 2.38 bits per heavy atom. The Balaban J connectivity index is 1.40. The molecule has 1 fully saturated rings. The fourth-order valence-electron chi connectivity index (χ4n) is 5.37. The number of rotatable bonds is 10. The normalized spacial score (nSPS) is 15.5. The second-order valence-corrected chi connectivity index (χ2v) is 10.7. The summed E-state index contributed by atoms with van der Waals surface area (Å²) < 4.78 is 11.4. The molecule has 0 spiro atoms. The Hall–Kier alpha value is -3.51. The Morgan fingerprint density at radius 1 is 0.897 bits per heavy atom. The van der Waals surface area contributed by atoms with E-state index in [1.54, 1.807) is 4.90 Å². The van der Waals surface area contributed by atoms with Gasteiger partial charge in [0.2, 0.25) is 11.8 Å². The molecule has 2 amide bonds. The Kier molecular flexibility index (Phi) is 9.04. The summed E-state index contributed by atoms with van der Waals surface area (Å²) in [7, 11) is 0. The highest BCUT2D eigenvalue weighted by molar-refractivity contribution is 6.31. The summed E-state index contributed by atoms with van der Waals surface area (Å²) in [5.41, 5.74) is 2.81. The molecule has 7 heteroatoms. The molecule has 1 unspecified atom stereocenters. The zero-order valence-electron chi connectivity index (χ0n) is 22.1. The van der Waals surface area contributed by atoms with Gasteiger partial charge in [0.15, 0.2) is 11.5 Å². The highest BCUT2D eigenvalue weighted by atomic mass is 35.5. The molecule has 2 aliphatic rings. The van der Waals surface area contributed by atoms with Crippen molar-refractivity contribution in [2.45, 2.75) is 63.6 Å². The van der Waals surface area contributed by atoms with Gasteiger partial charge in [0.1, 0.15) is 19.3 Å². The molecule has 1 saturated carbocycles. The molecule has 1 aliphatic carbocycles. The van der Waals surface area contributed by atoms with Crippen molar-refractivity contribution in [3.05, 3.63) is 94.5 Å². The van der Waals surface area contributed by atoms with Crippen molar-refractivity contribution in [3.63, 3.8) is 0 Å². The maximum absolute atomic E-state index is 13.9. The molecule has 1 heterocycles. The summed E-state index contributed by atoms with van der Waals surface area (Å²) in [6.45, 7) is 1.31. The molecular weight excluding hydrogens is 512 g/mol. The smallest absolute Gasteiger partial charge is 0.243 e. The summed E-state index contributed by atoms with van der Waals surface area (Å²) in [5, 5.41) is 3.83. The molecule has 204 valence electrons. The quantitative estimate of drug-likeness (QED) is 0.352. The molecule has 39 heavy (non-hydrogen) atoms. The van der Waals surface area contributed by atoms with Crippen LogP contribution in [0.1, 0.15) is 48.8 Å². The average molecular weight is 547 g/mol. The third-order valence-corrected chi connectivity index (χ3v) is 7.87. The van der Waals surface area contributed by atoms with Crippen LogP contribution in [0.2, 0.25) is 5.02 Å². The number of carbonyl (C=O) groups is 2. The number of amides is 2. The summed E-state index contributed by atoms with van der Waals surface area (Å²) in [4.78, 5) is 29.5. The number of carbonyl (C=O) groups excluding carboxylic acids is 2. The average Bonchev–Trinajstić information content (AvgIpc) is 3.48. The first-order valence-electron chi connectivity index (χ1n) is 13.8. The van der Waals surface area contributed by atoms with Crippen LogP contribution in [-0.4, -0.2) is 42.0 Å². The molecule has 0 bridgehead atoms. The van der Waals surface area contributed by atoms with E-state index in [1.807, 2.05) is 72.8 Å². The number of benzene rings is 3. The number of hydrogen-bond acceptors (Lipinski definition) is 4. The van der Waals surface area contributed by atoms with Crippen LogP contribution in [0.15, 0.2) is 72.8 Å². The Labute approximate surface area is 235 Å². The van der Waals surface area contributed by atoms with E-state index in [0.29, 0.717) is 36.8 Å². The lowest BCUT2D eigenvalue weighted by molar-refractivity contribution is -0.141. The van der Waals surface area contributed by atoms with Crippen LogP contribution in [0.25, 0.3) is 0 Å². The monoisotopic (exact) mass is 546 g/mol. The lowest BCUT2D eigenvalue weighted by Crippen LogP contribution is -2.52. The van der Waals surface area contributed by atoms with E-state index in [0.717, 1.165) is 48.1 Å². The number of nitrogens with zero attached hydrogens (tertiary/aromatic N) is 1. The van der Waals surface area contributed by atoms with Crippen LogP contribution >= 0.6 is 11.6 Å². The minimum Gasteiger partial charge on any atom is -0.486 e. The maximum Gasteiger partial charge on any atom is 0.243 e. The summed E-state index contributed by atoms with van der Waals surface area (Å²) >= 11 is 6.53. The zero-order valence-corrected chi connectivity index (χ0v) is 22.9. The van der Waals surface area contributed by atoms with Gasteiger partial charge in [0.05, 0.1) is 0 Å². The van der Waals surface area contributed by atoms with Crippen LogP contribution in [0.4, 0.5) is 0 Å². The molecule has 3 aromatic carbocycles. The van der Waals surface area contributed by atoms with Crippen molar-refractivity contribution in [2.24, 2.45) is 0 Å². The van der Waals surface area contributed by atoms with Gasteiger partial charge in [-0.2, -0.15) is 0 Å². The molecule has 1 aliphatic heterocycles. The van der Waals surface area contributed by atoms with Crippen LogP contribution in [-0.2, 0) is 29.0 Å². The number of nitrogens with one attached hydrogen (secondary N) is 1. The minimum absolute atomic E-state index is 0.0905. The summed E-state index contributed by atoms with van der Waals surface area (Å²) in [5.74, 6) is 1.23. The van der Waals surface area contributed by atoms with Gasteiger partial charge in [-0.25, -0.2) is 0 Å². The number of ether oxygens (including phenoxy) is 2. The van der Waals surface area contributed by atoms with Gasteiger partial charge in [-0.05, 0) is 54.2 Å². The van der Waals surface area contributed by atoms with Crippen LogP contribution in [0.3, 0.4) is 0 Å². The largest absolute Gasteiger partial charge is 0.486 e. The Bertz CT molecular complexity index is 1280. The van der Waals surface area contributed by atoms with E-state index in [9.17, 15) is 9.59 Å². The van der Waals surface area contributed by atoms with E-state index in [1.165, 1.54) is 0 Å². The molecule has 1 atom stereocenters. The highest BCUT2D eigenvalue weighted by Crippen LogP contribution is 2.31. The number of aryl methyl sites for hydroxylation is 1. The second kappa shape index (κ2) is 13.0. The van der Waals surface area contributed by atoms with E-state index >= 15 is 0 Å². The lowest BCUT2D eigenvalue weighted by atomic mass is 10.0. The molecule has 0 aromatic heterocycles. The van der Waals surface area contributed by atoms with Gasteiger partial charge >= 0.3 is 0 Å². The molecular formula is C32H35ClN2O4. The SMILES string of the molecule is O=C(NC1CCCC1)C(Cc1ccccc1)N(Cc1ccccc1Cl)C(=O)CCc1ccc2c(c1)OCCO2. The van der Waals surface area contributed by atoms with Gasteiger partial charge in [-0.1, -0.05) is 79.0 Å². The van der Waals surface area contributed by atoms with Crippen LogP contribution < -0.4 is 14.8 Å². The third kappa shape index (κ3) is 7.12.